The molecule has 0 saturated heterocycles. The van der Waals surface area contributed by atoms with Gasteiger partial charge in [0.05, 0.1) is 13.0 Å². The summed E-state index contributed by atoms with van der Waals surface area (Å²) in [4.78, 5) is 11.2. The van der Waals surface area contributed by atoms with Gasteiger partial charge in [0.1, 0.15) is 0 Å². The number of esters is 1. The van der Waals surface area contributed by atoms with Gasteiger partial charge in [0.2, 0.25) is 0 Å². The number of hydrogen-bond donors (Lipinski definition) is 0. The second-order valence-electron chi connectivity index (χ2n) is 3.96. The van der Waals surface area contributed by atoms with Crippen LogP contribution in [-0.2, 0) is 9.53 Å². The molecule has 2 heteroatoms. The third kappa shape index (κ3) is 3.02. The van der Waals surface area contributed by atoms with Crippen molar-refractivity contribution in [2.45, 2.75) is 47.0 Å². The third-order valence-electron chi connectivity index (χ3n) is 2.74. The van der Waals surface area contributed by atoms with E-state index in [0.717, 1.165) is 19.3 Å². The Bertz CT molecular complexity index is 161. The molecule has 1 aliphatic carbocycles. The summed E-state index contributed by atoms with van der Waals surface area (Å²) in [5, 5.41) is 0. The van der Waals surface area contributed by atoms with Crippen molar-refractivity contribution < 1.29 is 9.53 Å². The van der Waals surface area contributed by atoms with Crippen molar-refractivity contribution in [3.05, 3.63) is 0 Å². The molecule has 1 fully saturated rings. The molecule has 0 amide bonds. The lowest BCUT2D eigenvalue weighted by molar-refractivity contribution is -0.148. The summed E-state index contributed by atoms with van der Waals surface area (Å²) in [6, 6.07) is 0. The average molecular weight is 186 g/mol. The van der Waals surface area contributed by atoms with E-state index in [0.29, 0.717) is 0 Å². The lowest BCUT2D eigenvalue weighted by Crippen LogP contribution is -2.26. The van der Waals surface area contributed by atoms with E-state index in [1.807, 2.05) is 13.8 Å². The molecule has 0 aromatic heterocycles. The molecule has 0 bridgehead atoms. The summed E-state index contributed by atoms with van der Waals surface area (Å²) in [5.74, 6) is 0.0972. The van der Waals surface area contributed by atoms with Crippen molar-refractivity contribution in [2.75, 3.05) is 7.11 Å². The highest BCUT2D eigenvalue weighted by atomic mass is 16.5. The molecule has 13 heavy (non-hydrogen) atoms. The van der Waals surface area contributed by atoms with Crippen molar-refractivity contribution in [3.8, 4) is 0 Å². The highest BCUT2D eigenvalue weighted by molar-refractivity contribution is 5.73. The first kappa shape index (κ1) is 12.5. The molecule has 1 aliphatic rings. The molecule has 0 N–H and O–H groups in total. The van der Waals surface area contributed by atoms with E-state index < -0.39 is 0 Å². The van der Waals surface area contributed by atoms with Crippen LogP contribution in [0.25, 0.3) is 0 Å². The smallest absolute Gasteiger partial charge is 0.309 e. The second kappa shape index (κ2) is 5.25. The van der Waals surface area contributed by atoms with Crippen molar-refractivity contribution in [1.82, 2.24) is 0 Å². The van der Waals surface area contributed by atoms with Crippen LogP contribution in [0.1, 0.15) is 47.0 Å². The number of methoxy groups -OCH3 is 1. The van der Waals surface area contributed by atoms with Crippen LogP contribution >= 0.6 is 0 Å². The highest BCUT2D eigenvalue weighted by Gasteiger charge is 2.39. The molecule has 0 radical (unpaired) electrons. The summed E-state index contributed by atoms with van der Waals surface area (Å²) in [7, 11) is 1.47. The van der Waals surface area contributed by atoms with Crippen LogP contribution in [0.4, 0.5) is 0 Å². The van der Waals surface area contributed by atoms with Gasteiger partial charge in [-0.3, -0.25) is 4.79 Å². The van der Waals surface area contributed by atoms with Crippen LogP contribution < -0.4 is 0 Å². The van der Waals surface area contributed by atoms with E-state index in [1.165, 1.54) is 7.11 Å². The Morgan fingerprint density at radius 3 is 2.23 bits per heavy atom. The van der Waals surface area contributed by atoms with Gasteiger partial charge in [-0.1, -0.05) is 34.1 Å². The Hall–Kier alpha value is -0.530. The van der Waals surface area contributed by atoms with Crippen molar-refractivity contribution in [3.63, 3.8) is 0 Å². The van der Waals surface area contributed by atoms with E-state index in [2.05, 4.69) is 13.8 Å². The van der Waals surface area contributed by atoms with Crippen LogP contribution in [0, 0.1) is 11.3 Å². The number of carbonyl (C=O) groups is 1. The quantitative estimate of drug-likeness (QED) is 0.588. The van der Waals surface area contributed by atoms with Gasteiger partial charge in [0.25, 0.3) is 0 Å². The van der Waals surface area contributed by atoms with Crippen LogP contribution in [0.15, 0.2) is 0 Å². The number of hydrogen-bond acceptors (Lipinski definition) is 2. The minimum atomic E-state index is -0.0347. The largest absolute Gasteiger partial charge is 0.469 e. The fraction of sp³-hybridized carbons (Fsp3) is 0.909. The van der Waals surface area contributed by atoms with Crippen molar-refractivity contribution >= 4 is 5.97 Å². The minimum absolute atomic E-state index is 0.0347. The first-order valence-corrected chi connectivity index (χ1v) is 5.16. The molecule has 78 valence electrons. The number of ether oxygens (including phenoxy) is 1. The van der Waals surface area contributed by atoms with E-state index in [-0.39, 0.29) is 17.3 Å². The van der Waals surface area contributed by atoms with E-state index in [4.69, 9.17) is 4.74 Å². The predicted molar refractivity (Wildman–Crippen MR) is 54.5 cm³/mol. The molecular weight excluding hydrogens is 164 g/mol. The van der Waals surface area contributed by atoms with Gasteiger partial charge in [0.15, 0.2) is 0 Å². The maximum Gasteiger partial charge on any atom is 0.309 e. The molecule has 1 atom stereocenters. The topological polar surface area (TPSA) is 26.3 Å². The summed E-state index contributed by atoms with van der Waals surface area (Å²) in [5.41, 5.74) is 0.160. The molecule has 0 unspecified atom stereocenters. The van der Waals surface area contributed by atoms with Crippen LogP contribution in [0.2, 0.25) is 0 Å². The lowest BCUT2D eigenvalue weighted by atomic mass is 9.82. The molecule has 0 aromatic carbocycles. The summed E-state index contributed by atoms with van der Waals surface area (Å²) in [6.07, 6.45) is 3.30. The van der Waals surface area contributed by atoms with E-state index in [1.54, 1.807) is 0 Å². The Kier molecular flexibility index (Phi) is 5.04. The zero-order valence-corrected chi connectivity index (χ0v) is 9.52. The molecule has 0 aromatic rings. The van der Waals surface area contributed by atoms with Crippen LogP contribution in [0.3, 0.4) is 0 Å². The highest BCUT2D eigenvalue weighted by Crippen LogP contribution is 2.42. The molecule has 1 saturated carbocycles. The Morgan fingerprint density at radius 1 is 1.38 bits per heavy atom. The van der Waals surface area contributed by atoms with E-state index >= 15 is 0 Å². The lowest BCUT2D eigenvalue weighted by Gasteiger charge is -2.24. The van der Waals surface area contributed by atoms with Crippen LogP contribution in [0.5, 0.6) is 0 Å². The van der Waals surface area contributed by atoms with Gasteiger partial charge in [-0.25, -0.2) is 0 Å². The maximum atomic E-state index is 11.2. The zero-order valence-electron chi connectivity index (χ0n) is 9.52. The normalized spacial score (nSPS) is 24.5. The Labute approximate surface area is 81.7 Å². The van der Waals surface area contributed by atoms with E-state index in [9.17, 15) is 4.79 Å². The Morgan fingerprint density at radius 2 is 1.92 bits per heavy atom. The molecule has 2 nitrogen and oxygen atoms in total. The molecular formula is C11H22O2. The first-order valence-electron chi connectivity index (χ1n) is 5.16. The SMILES string of the molecule is CC.COC(=O)[C@H]1CCCC1(C)C. The average Bonchev–Trinajstić information content (AvgIpc) is 2.47. The van der Waals surface area contributed by atoms with Crippen molar-refractivity contribution in [2.24, 2.45) is 11.3 Å². The number of carbonyl (C=O) groups excluding carboxylic acids is 1. The summed E-state index contributed by atoms with van der Waals surface area (Å²) in [6.45, 7) is 8.28. The third-order valence-corrected chi connectivity index (χ3v) is 2.74. The van der Waals surface area contributed by atoms with Crippen LogP contribution in [-0.4, -0.2) is 13.1 Å². The van der Waals surface area contributed by atoms with Gasteiger partial charge in [0, 0.05) is 0 Å². The first-order chi connectivity index (χ1) is 6.08. The standard InChI is InChI=1S/C9H16O2.C2H6/c1-9(2)6-4-5-7(9)8(10)11-3;1-2/h7H,4-6H2,1-3H3;1-2H3/t7-;/m1./s1. The number of rotatable bonds is 1. The molecule has 0 heterocycles. The molecule has 0 spiro atoms. The van der Waals surface area contributed by atoms with Gasteiger partial charge in [-0.05, 0) is 18.3 Å². The summed E-state index contributed by atoms with van der Waals surface area (Å²) >= 11 is 0. The van der Waals surface area contributed by atoms with Gasteiger partial charge >= 0.3 is 5.97 Å². The Balaban J connectivity index is 0.000000671. The molecule has 1 rings (SSSR count). The monoisotopic (exact) mass is 186 g/mol. The fourth-order valence-electron chi connectivity index (χ4n) is 1.91. The fourth-order valence-corrected chi connectivity index (χ4v) is 1.91. The second-order valence-corrected chi connectivity index (χ2v) is 3.96. The predicted octanol–water partition coefficient (Wildman–Crippen LogP) is 3.01. The molecule has 0 aliphatic heterocycles. The minimum Gasteiger partial charge on any atom is -0.469 e. The zero-order chi connectivity index (χ0) is 10.5. The maximum absolute atomic E-state index is 11.2. The van der Waals surface area contributed by atoms with Gasteiger partial charge in [-0.15, -0.1) is 0 Å². The van der Waals surface area contributed by atoms with Gasteiger partial charge < -0.3 is 4.74 Å². The van der Waals surface area contributed by atoms with Gasteiger partial charge in [-0.2, -0.15) is 0 Å². The van der Waals surface area contributed by atoms with Crippen molar-refractivity contribution in [1.29, 1.82) is 0 Å². The summed E-state index contributed by atoms with van der Waals surface area (Å²) < 4.78 is 4.73.